The molecule has 15 heavy (non-hydrogen) atoms. The smallest absolute Gasteiger partial charge is 0.224 e. The maximum atomic E-state index is 5.71. The van der Waals surface area contributed by atoms with Crippen LogP contribution in [-0.4, -0.2) is 15.0 Å². The Hall–Kier alpha value is -1.68. The van der Waals surface area contributed by atoms with Crippen LogP contribution < -0.4 is 5.32 Å². The third kappa shape index (κ3) is 2.41. The third-order valence-electron chi connectivity index (χ3n) is 1.89. The molecule has 4 nitrogen and oxygen atoms in total. The van der Waals surface area contributed by atoms with Crippen LogP contribution in [-0.2, 0) is 0 Å². The van der Waals surface area contributed by atoms with Crippen molar-refractivity contribution in [2.24, 2.45) is 0 Å². The first-order chi connectivity index (χ1) is 7.25. The monoisotopic (exact) mass is 220 g/mol. The molecule has 5 heteroatoms. The lowest BCUT2D eigenvalue weighted by Gasteiger charge is -2.07. The Morgan fingerprint density at radius 1 is 1.27 bits per heavy atom. The van der Waals surface area contributed by atoms with Crippen molar-refractivity contribution < 1.29 is 0 Å². The molecule has 2 aromatic heterocycles. The van der Waals surface area contributed by atoms with Crippen LogP contribution >= 0.6 is 11.6 Å². The summed E-state index contributed by atoms with van der Waals surface area (Å²) in [4.78, 5) is 11.9. The number of pyridine rings is 1. The van der Waals surface area contributed by atoms with Crippen molar-refractivity contribution in [3.8, 4) is 0 Å². The summed E-state index contributed by atoms with van der Waals surface area (Å²) in [6.07, 6.45) is 5.10. The summed E-state index contributed by atoms with van der Waals surface area (Å²) in [6, 6.07) is 3.71. The number of hydrogen-bond acceptors (Lipinski definition) is 4. The quantitative estimate of drug-likeness (QED) is 0.791. The highest BCUT2D eigenvalue weighted by molar-refractivity contribution is 6.28. The van der Waals surface area contributed by atoms with Crippen molar-refractivity contribution in [1.29, 1.82) is 0 Å². The van der Waals surface area contributed by atoms with Crippen LogP contribution in [0.3, 0.4) is 0 Å². The highest BCUT2D eigenvalue weighted by Crippen LogP contribution is 2.17. The summed E-state index contributed by atoms with van der Waals surface area (Å²) < 4.78 is 0. The highest BCUT2D eigenvalue weighted by Gasteiger charge is 2.02. The van der Waals surface area contributed by atoms with E-state index in [-0.39, 0.29) is 5.28 Å². The minimum Gasteiger partial charge on any atom is -0.340 e. The van der Waals surface area contributed by atoms with Gasteiger partial charge in [-0.25, -0.2) is 9.97 Å². The van der Waals surface area contributed by atoms with Gasteiger partial charge in [-0.05, 0) is 30.7 Å². The van der Waals surface area contributed by atoms with Gasteiger partial charge in [0.2, 0.25) is 5.28 Å². The van der Waals surface area contributed by atoms with E-state index in [1.165, 1.54) is 0 Å². The molecule has 0 atom stereocenters. The van der Waals surface area contributed by atoms with Gasteiger partial charge in [0.1, 0.15) is 5.82 Å². The molecule has 0 spiro atoms. The standard InChI is InChI=1S/C10H9ClN4/c1-7-6-13-10(11)15-9(7)14-8-2-4-12-5-3-8/h2-6H,1H3,(H,12,13,14,15). The highest BCUT2D eigenvalue weighted by atomic mass is 35.5. The number of anilines is 2. The molecule has 0 saturated carbocycles. The molecule has 0 aromatic carbocycles. The molecular weight excluding hydrogens is 212 g/mol. The van der Waals surface area contributed by atoms with E-state index in [9.17, 15) is 0 Å². The van der Waals surface area contributed by atoms with Gasteiger partial charge in [0.15, 0.2) is 0 Å². The zero-order valence-corrected chi connectivity index (χ0v) is 8.86. The predicted molar refractivity (Wildman–Crippen MR) is 59.3 cm³/mol. The molecule has 1 N–H and O–H groups in total. The summed E-state index contributed by atoms with van der Waals surface area (Å²) >= 11 is 5.71. The zero-order valence-electron chi connectivity index (χ0n) is 8.11. The Morgan fingerprint density at radius 3 is 2.73 bits per heavy atom. The molecule has 76 valence electrons. The Kier molecular flexibility index (Phi) is 2.78. The lowest BCUT2D eigenvalue weighted by atomic mass is 10.3. The SMILES string of the molecule is Cc1cnc(Cl)nc1Nc1ccncc1. The number of hydrogen-bond donors (Lipinski definition) is 1. The number of rotatable bonds is 2. The minimum atomic E-state index is 0.233. The van der Waals surface area contributed by atoms with Crippen molar-refractivity contribution in [1.82, 2.24) is 15.0 Å². The van der Waals surface area contributed by atoms with Crippen LogP contribution in [0.2, 0.25) is 5.28 Å². The summed E-state index contributed by atoms with van der Waals surface area (Å²) in [7, 11) is 0. The predicted octanol–water partition coefficient (Wildman–Crippen LogP) is 2.58. The lowest BCUT2D eigenvalue weighted by molar-refractivity contribution is 1.13. The minimum absolute atomic E-state index is 0.233. The van der Waals surface area contributed by atoms with Crippen LogP contribution in [0.1, 0.15) is 5.56 Å². The molecule has 2 heterocycles. The van der Waals surface area contributed by atoms with Gasteiger partial charge < -0.3 is 5.32 Å². The second kappa shape index (κ2) is 4.23. The maximum Gasteiger partial charge on any atom is 0.224 e. The van der Waals surface area contributed by atoms with Gasteiger partial charge >= 0.3 is 0 Å². The van der Waals surface area contributed by atoms with E-state index in [0.29, 0.717) is 5.82 Å². The molecule has 0 fully saturated rings. The Bertz CT molecular complexity index is 458. The second-order valence-corrected chi connectivity index (χ2v) is 3.37. The van der Waals surface area contributed by atoms with E-state index in [1.54, 1.807) is 18.6 Å². The average Bonchev–Trinajstić information content (AvgIpc) is 2.25. The first kappa shape index (κ1) is 9.86. The van der Waals surface area contributed by atoms with Crippen LogP contribution in [0.15, 0.2) is 30.7 Å². The first-order valence-electron chi connectivity index (χ1n) is 4.42. The van der Waals surface area contributed by atoms with Gasteiger partial charge in [-0.2, -0.15) is 0 Å². The van der Waals surface area contributed by atoms with Crippen LogP contribution in [0.4, 0.5) is 11.5 Å². The van der Waals surface area contributed by atoms with Crippen molar-refractivity contribution in [3.05, 3.63) is 41.6 Å². The molecule has 2 aromatic rings. The van der Waals surface area contributed by atoms with E-state index < -0.39 is 0 Å². The second-order valence-electron chi connectivity index (χ2n) is 3.03. The van der Waals surface area contributed by atoms with Crippen molar-refractivity contribution in [2.45, 2.75) is 6.92 Å². The third-order valence-corrected chi connectivity index (χ3v) is 2.07. The molecule has 0 bridgehead atoms. The molecule has 0 amide bonds. The molecule has 0 aliphatic rings. The maximum absolute atomic E-state index is 5.71. The topological polar surface area (TPSA) is 50.7 Å². The van der Waals surface area contributed by atoms with Gasteiger partial charge in [0.25, 0.3) is 0 Å². The Labute approximate surface area is 92.4 Å². The van der Waals surface area contributed by atoms with Crippen molar-refractivity contribution in [2.75, 3.05) is 5.32 Å². The number of halogens is 1. The van der Waals surface area contributed by atoms with Crippen LogP contribution in [0.5, 0.6) is 0 Å². The van der Waals surface area contributed by atoms with Gasteiger partial charge in [-0.1, -0.05) is 0 Å². The molecule has 0 radical (unpaired) electrons. The molecule has 0 unspecified atom stereocenters. The number of aryl methyl sites for hydroxylation is 1. The van der Waals surface area contributed by atoms with E-state index >= 15 is 0 Å². The molecule has 0 saturated heterocycles. The summed E-state index contributed by atoms with van der Waals surface area (Å²) in [5, 5.41) is 3.37. The van der Waals surface area contributed by atoms with E-state index in [0.717, 1.165) is 11.3 Å². The fraction of sp³-hybridized carbons (Fsp3) is 0.100. The van der Waals surface area contributed by atoms with Gasteiger partial charge in [0, 0.05) is 29.8 Å². The van der Waals surface area contributed by atoms with E-state index in [1.807, 2.05) is 19.1 Å². The van der Waals surface area contributed by atoms with Gasteiger partial charge in [-0.3, -0.25) is 4.98 Å². The largest absolute Gasteiger partial charge is 0.340 e. The number of nitrogens with one attached hydrogen (secondary N) is 1. The average molecular weight is 221 g/mol. The first-order valence-corrected chi connectivity index (χ1v) is 4.80. The molecule has 0 aliphatic heterocycles. The van der Waals surface area contributed by atoms with Gasteiger partial charge in [0.05, 0.1) is 0 Å². The zero-order chi connectivity index (χ0) is 10.7. The Morgan fingerprint density at radius 2 is 2.00 bits per heavy atom. The Balaban J connectivity index is 2.28. The van der Waals surface area contributed by atoms with Crippen LogP contribution in [0, 0.1) is 6.92 Å². The molecule has 2 rings (SSSR count). The number of aromatic nitrogens is 3. The van der Waals surface area contributed by atoms with Gasteiger partial charge in [-0.15, -0.1) is 0 Å². The van der Waals surface area contributed by atoms with Crippen molar-refractivity contribution in [3.63, 3.8) is 0 Å². The fourth-order valence-corrected chi connectivity index (χ4v) is 1.25. The fourth-order valence-electron chi connectivity index (χ4n) is 1.12. The summed E-state index contributed by atoms with van der Waals surface area (Å²) in [5.74, 6) is 0.709. The van der Waals surface area contributed by atoms with E-state index in [4.69, 9.17) is 11.6 Å². The van der Waals surface area contributed by atoms with Crippen molar-refractivity contribution >= 4 is 23.1 Å². The normalized spacial score (nSPS) is 10.0. The van der Waals surface area contributed by atoms with E-state index in [2.05, 4.69) is 20.3 Å². The summed E-state index contributed by atoms with van der Waals surface area (Å²) in [5.41, 5.74) is 1.86. The summed E-state index contributed by atoms with van der Waals surface area (Å²) in [6.45, 7) is 1.92. The number of nitrogens with zero attached hydrogens (tertiary/aromatic N) is 3. The van der Waals surface area contributed by atoms with Crippen LogP contribution in [0.25, 0.3) is 0 Å². The molecule has 0 aliphatic carbocycles. The lowest BCUT2D eigenvalue weighted by Crippen LogP contribution is -1.97. The molecular formula is C10H9ClN4.